The smallest absolute Gasteiger partial charge is 0.0696 e. The van der Waals surface area contributed by atoms with Crippen molar-refractivity contribution < 1.29 is 0 Å². The van der Waals surface area contributed by atoms with Gasteiger partial charge in [-0.1, -0.05) is 0 Å². The Morgan fingerprint density at radius 2 is 2.44 bits per heavy atom. The first kappa shape index (κ1) is 7.03. The van der Waals surface area contributed by atoms with Crippen molar-refractivity contribution >= 4 is 33.9 Å². The van der Waals surface area contributed by atoms with Gasteiger partial charge in [-0.25, -0.2) is 0 Å². The highest BCUT2D eigenvalue weighted by Gasteiger charge is 1.93. The summed E-state index contributed by atoms with van der Waals surface area (Å²) in [7, 11) is 0. The molecule has 9 heavy (non-hydrogen) atoms. The van der Waals surface area contributed by atoms with Crippen molar-refractivity contribution in [3.8, 4) is 6.07 Å². The summed E-state index contributed by atoms with van der Waals surface area (Å²) in [6, 6.07) is 6.13. The molecule has 0 aliphatic carbocycles. The second kappa shape index (κ2) is 3.18. The Hall–Kier alpha value is -0.0800. The Balaban J connectivity index is 2.76. The van der Waals surface area contributed by atoms with Crippen LogP contribution < -0.4 is 0 Å². The lowest BCUT2D eigenvalue weighted by atomic mass is 10.4. The van der Waals surface area contributed by atoms with Gasteiger partial charge in [-0.15, -0.1) is 11.3 Å². The first-order chi connectivity index (χ1) is 4.33. The SMILES string of the molecule is N#CCc1ccc(I)s1. The maximum Gasteiger partial charge on any atom is 0.0696 e. The highest BCUT2D eigenvalue weighted by molar-refractivity contribution is 14.1. The zero-order valence-electron chi connectivity index (χ0n) is 4.60. The van der Waals surface area contributed by atoms with Gasteiger partial charge in [-0.2, -0.15) is 5.26 Å². The van der Waals surface area contributed by atoms with Crippen molar-refractivity contribution in [2.75, 3.05) is 0 Å². The lowest BCUT2D eigenvalue weighted by molar-refractivity contribution is 1.32. The molecular weight excluding hydrogens is 245 g/mol. The van der Waals surface area contributed by atoms with E-state index < -0.39 is 0 Å². The van der Waals surface area contributed by atoms with Crippen molar-refractivity contribution in [2.45, 2.75) is 6.42 Å². The molecule has 0 spiro atoms. The molecule has 0 atom stereocenters. The molecule has 1 rings (SSSR count). The van der Waals surface area contributed by atoms with Crippen molar-refractivity contribution in [2.24, 2.45) is 0 Å². The van der Waals surface area contributed by atoms with Crippen molar-refractivity contribution in [3.05, 3.63) is 19.9 Å². The number of hydrogen-bond donors (Lipinski definition) is 0. The fourth-order valence-corrected chi connectivity index (χ4v) is 2.21. The zero-order valence-corrected chi connectivity index (χ0v) is 7.57. The molecule has 46 valence electrons. The van der Waals surface area contributed by atoms with Gasteiger partial charge < -0.3 is 0 Å². The fourth-order valence-electron chi connectivity index (χ4n) is 0.525. The number of hydrogen-bond acceptors (Lipinski definition) is 2. The van der Waals surface area contributed by atoms with E-state index in [9.17, 15) is 0 Å². The van der Waals surface area contributed by atoms with Gasteiger partial charge in [-0.05, 0) is 34.7 Å². The molecule has 0 radical (unpaired) electrons. The van der Waals surface area contributed by atoms with E-state index in [4.69, 9.17) is 5.26 Å². The van der Waals surface area contributed by atoms with Gasteiger partial charge in [-0.3, -0.25) is 0 Å². The summed E-state index contributed by atoms with van der Waals surface area (Å²) in [6.07, 6.45) is 0.549. The number of rotatable bonds is 1. The number of nitriles is 1. The van der Waals surface area contributed by atoms with Crippen molar-refractivity contribution in [1.29, 1.82) is 5.26 Å². The standard InChI is InChI=1S/C6H4INS/c7-6-2-1-5(9-6)3-4-8/h1-2H,3H2. The minimum Gasteiger partial charge on any atom is -0.198 e. The van der Waals surface area contributed by atoms with E-state index in [0.717, 1.165) is 4.88 Å². The molecule has 0 aliphatic rings. The summed E-state index contributed by atoms with van der Waals surface area (Å²) >= 11 is 3.93. The van der Waals surface area contributed by atoms with E-state index in [1.54, 1.807) is 11.3 Å². The molecule has 0 bridgehead atoms. The van der Waals surface area contributed by atoms with Gasteiger partial charge in [0, 0.05) is 4.88 Å². The molecule has 1 nitrogen and oxygen atoms in total. The molecule has 0 unspecified atom stereocenters. The van der Waals surface area contributed by atoms with Crippen LogP contribution in [0.15, 0.2) is 12.1 Å². The van der Waals surface area contributed by atoms with Gasteiger partial charge in [0.25, 0.3) is 0 Å². The van der Waals surface area contributed by atoms with Crippen LogP contribution in [0.25, 0.3) is 0 Å². The molecule has 0 fully saturated rings. The summed E-state index contributed by atoms with van der Waals surface area (Å²) in [4.78, 5) is 1.15. The molecule has 0 saturated carbocycles. The third kappa shape index (κ3) is 1.95. The van der Waals surface area contributed by atoms with Crippen LogP contribution in [0.3, 0.4) is 0 Å². The normalized spacial score (nSPS) is 8.89. The average Bonchev–Trinajstić information content (AvgIpc) is 2.17. The second-order valence-electron chi connectivity index (χ2n) is 1.54. The van der Waals surface area contributed by atoms with Crippen LogP contribution in [-0.4, -0.2) is 0 Å². The zero-order chi connectivity index (χ0) is 6.69. The lowest BCUT2D eigenvalue weighted by Gasteiger charge is -1.77. The first-order valence-corrected chi connectivity index (χ1v) is 4.33. The van der Waals surface area contributed by atoms with E-state index in [2.05, 4.69) is 28.7 Å². The Morgan fingerprint density at radius 3 is 2.89 bits per heavy atom. The minimum atomic E-state index is 0.549. The summed E-state index contributed by atoms with van der Waals surface area (Å²) in [6.45, 7) is 0. The summed E-state index contributed by atoms with van der Waals surface area (Å²) in [5.74, 6) is 0. The number of nitrogens with zero attached hydrogens (tertiary/aromatic N) is 1. The number of halogens is 1. The maximum atomic E-state index is 8.28. The summed E-state index contributed by atoms with van der Waals surface area (Å²) in [5, 5.41) is 8.28. The van der Waals surface area contributed by atoms with E-state index in [0.29, 0.717) is 6.42 Å². The second-order valence-corrected chi connectivity index (χ2v) is 4.60. The van der Waals surface area contributed by atoms with Crippen LogP contribution in [0.5, 0.6) is 0 Å². The number of thiophene rings is 1. The maximum absolute atomic E-state index is 8.28. The Kier molecular flexibility index (Phi) is 2.49. The third-order valence-electron chi connectivity index (χ3n) is 0.882. The first-order valence-electron chi connectivity index (χ1n) is 2.44. The quantitative estimate of drug-likeness (QED) is 0.701. The highest BCUT2D eigenvalue weighted by atomic mass is 127. The summed E-state index contributed by atoms with van der Waals surface area (Å²) < 4.78 is 1.25. The Morgan fingerprint density at radius 1 is 1.67 bits per heavy atom. The molecular formula is C6H4INS. The average molecular weight is 249 g/mol. The van der Waals surface area contributed by atoms with Crippen LogP contribution in [0.1, 0.15) is 4.88 Å². The Bertz CT molecular complexity index is 235. The van der Waals surface area contributed by atoms with Crippen LogP contribution in [0.2, 0.25) is 0 Å². The molecule has 1 aromatic rings. The van der Waals surface area contributed by atoms with Crippen LogP contribution in [0.4, 0.5) is 0 Å². The molecule has 0 aromatic carbocycles. The topological polar surface area (TPSA) is 23.8 Å². The van der Waals surface area contributed by atoms with Gasteiger partial charge >= 0.3 is 0 Å². The van der Waals surface area contributed by atoms with Crippen molar-refractivity contribution in [3.63, 3.8) is 0 Å². The van der Waals surface area contributed by atoms with Crippen LogP contribution in [-0.2, 0) is 6.42 Å². The molecule has 0 aliphatic heterocycles. The lowest BCUT2D eigenvalue weighted by Crippen LogP contribution is -1.67. The minimum absolute atomic E-state index is 0.549. The largest absolute Gasteiger partial charge is 0.198 e. The van der Waals surface area contributed by atoms with Crippen LogP contribution in [0, 0.1) is 14.2 Å². The van der Waals surface area contributed by atoms with E-state index in [1.807, 2.05) is 12.1 Å². The molecule has 0 amide bonds. The molecule has 0 saturated heterocycles. The van der Waals surface area contributed by atoms with Gasteiger partial charge in [0.15, 0.2) is 0 Å². The van der Waals surface area contributed by atoms with Crippen LogP contribution >= 0.6 is 33.9 Å². The van der Waals surface area contributed by atoms with E-state index >= 15 is 0 Å². The third-order valence-corrected chi connectivity index (χ3v) is 2.78. The van der Waals surface area contributed by atoms with Gasteiger partial charge in [0.05, 0.1) is 15.4 Å². The molecule has 3 heteroatoms. The van der Waals surface area contributed by atoms with E-state index in [1.165, 1.54) is 2.88 Å². The molecule has 1 heterocycles. The van der Waals surface area contributed by atoms with Gasteiger partial charge in [0.2, 0.25) is 0 Å². The Labute approximate surface area is 71.5 Å². The molecule has 0 N–H and O–H groups in total. The monoisotopic (exact) mass is 249 g/mol. The predicted octanol–water partition coefficient (Wildman–Crippen LogP) is 2.42. The van der Waals surface area contributed by atoms with Gasteiger partial charge in [0.1, 0.15) is 0 Å². The van der Waals surface area contributed by atoms with E-state index in [-0.39, 0.29) is 0 Å². The predicted molar refractivity (Wildman–Crippen MR) is 46.4 cm³/mol. The summed E-state index contributed by atoms with van der Waals surface area (Å²) in [5.41, 5.74) is 0. The highest BCUT2D eigenvalue weighted by Crippen LogP contribution is 2.17. The fraction of sp³-hybridized carbons (Fsp3) is 0.167. The van der Waals surface area contributed by atoms with Crippen molar-refractivity contribution in [1.82, 2.24) is 0 Å². The molecule has 1 aromatic heterocycles.